The lowest BCUT2D eigenvalue weighted by atomic mass is 10.1. The predicted molar refractivity (Wildman–Crippen MR) is 128 cm³/mol. The van der Waals surface area contributed by atoms with Crippen molar-refractivity contribution in [2.24, 2.45) is 0 Å². The van der Waals surface area contributed by atoms with Crippen LogP contribution in [-0.2, 0) is 11.2 Å². The monoisotopic (exact) mass is 432 g/mol. The van der Waals surface area contributed by atoms with E-state index in [1.807, 2.05) is 43.7 Å². The lowest BCUT2D eigenvalue weighted by Gasteiger charge is -2.27. The molecule has 1 fully saturated rings. The Morgan fingerprint density at radius 2 is 1.78 bits per heavy atom. The molecule has 1 aliphatic rings. The Kier molecular flexibility index (Phi) is 6.53. The molecule has 3 aromatic rings. The third kappa shape index (κ3) is 4.66. The summed E-state index contributed by atoms with van der Waals surface area (Å²) >= 11 is 0. The number of piperidine rings is 1. The van der Waals surface area contributed by atoms with E-state index in [0.29, 0.717) is 12.8 Å². The second-order valence-corrected chi connectivity index (χ2v) is 8.64. The van der Waals surface area contributed by atoms with E-state index in [4.69, 9.17) is 5.10 Å². The molecule has 1 aromatic carbocycles. The molecule has 1 amide bonds. The molecule has 3 heterocycles. The molecule has 0 saturated carbocycles. The molecular weight excluding hydrogens is 400 g/mol. The topological polar surface area (TPSA) is 75.9 Å². The summed E-state index contributed by atoms with van der Waals surface area (Å²) in [5.41, 5.74) is 6.20. The minimum Gasteiger partial charge on any atom is -0.356 e. The van der Waals surface area contributed by atoms with E-state index in [2.05, 4.69) is 33.2 Å². The van der Waals surface area contributed by atoms with E-state index in [-0.39, 0.29) is 5.91 Å². The van der Waals surface area contributed by atoms with Gasteiger partial charge in [0.05, 0.1) is 5.69 Å². The maximum absolute atomic E-state index is 12.6. The molecule has 0 radical (unpaired) electrons. The summed E-state index contributed by atoms with van der Waals surface area (Å²) in [5, 5.41) is 7.78. The van der Waals surface area contributed by atoms with Crippen LogP contribution in [0.3, 0.4) is 0 Å². The zero-order chi connectivity index (χ0) is 22.7. The normalized spacial score (nSPS) is 13.9. The Labute approximate surface area is 189 Å². The fourth-order valence-corrected chi connectivity index (χ4v) is 4.35. The first-order valence-electron chi connectivity index (χ1n) is 11.4. The number of amides is 1. The van der Waals surface area contributed by atoms with Crippen molar-refractivity contribution in [1.29, 1.82) is 0 Å². The summed E-state index contributed by atoms with van der Waals surface area (Å²) in [5.74, 6) is 1.74. The Morgan fingerprint density at radius 3 is 2.56 bits per heavy atom. The second-order valence-electron chi connectivity index (χ2n) is 8.64. The fourth-order valence-electron chi connectivity index (χ4n) is 4.35. The van der Waals surface area contributed by atoms with Crippen molar-refractivity contribution in [3.8, 4) is 5.82 Å². The Balaban J connectivity index is 1.47. The van der Waals surface area contributed by atoms with E-state index in [9.17, 15) is 4.79 Å². The number of aryl methyl sites for hydroxylation is 2. The lowest BCUT2D eigenvalue weighted by molar-refractivity contribution is -0.116. The van der Waals surface area contributed by atoms with Crippen LogP contribution in [0.2, 0.25) is 0 Å². The number of anilines is 2. The summed E-state index contributed by atoms with van der Waals surface area (Å²) in [6, 6.07) is 7.98. The summed E-state index contributed by atoms with van der Waals surface area (Å²) in [6.45, 7) is 10.2. The van der Waals surface area contributed by atoms with Crippen LogP contribution in [0.5, 0.6) is 0 Å². The van der Waals surface area contributed by atoms with Gasteiger partial charge in [-0.3, -0.25) is 4.79 Å². The van der Waals surface area contributed by atoms with Gasteiger partial charge in [-0.05, 0) is 76.1 Å². The van der Waals surface area contributed by atoms with Crippen LogP contribution in [0.4, 0.5) is 11.5 Å². The number of nitrogens with zero attached hydrogens (tertiary/aromatic N) is 5. The van der Waals surface area contributed by atoms with Gasteiger partial charge in [0.1, 0.15) is 12.1 Å². The Morgan fingerprint density at radius 1 is 1.03 bits per heavy atom. The van der Waals surface area contributed by atoms with E-state index in [0.717, 1.165) is 52.9 Å². The molecule has 0 atom stereocenters. The molecule has 4 rings (SSSR count). The minimum absolute atomic E-state index is 0.0136. The zero-order valence-corrected chi connectivity index (χ0v) is 19.5. The summed E-state index contributed by atoms with van der Waals surface area (Å²) < 4.78 is 1.88. The first kappa shape index (κ1) is 22.0. The number of rotatable bonds is 6. The van der Waals surface area contributed by atoms with Gasteiger partial charge in [0.15, 0.2) is 5.82 Å². The van der Waals surface area contributed by atoms with Crippen LogP contribution < -0.4 is 10.2 Å². The van der Waals surface area contributed by atoms with Crippen LogP contribution in [0.1, 0.15) is 53.8 Å². The standard InChI is InChI=1S/C25H32N6O/c1-17-9-8-10-22(18(17)2)28-25(32)12-11-21-19(3)29-31(20(21)4)24-15-23(26-16-27-24)30-13-6-5-7-14-30/h8-10,15-16H,5-7,11-14H2,1-4H3,(H,28,32). The number of nitrogens with one attached hydrogen (secondary N) is 1. The van der Waals surface area contributed by atoms with Crippen LogP contribution in [0.15, 0.2) is 30.6 Å². The quantitative estimate of drug-likeness (QED) is 0.622. The van der Waals surface area contributed by atoms with E-state index >= 15 is 0 Å². The lowest BCUT2D eigenvalue weighted by Crippen LogP contribution is -2.30. The van der Waals surface area contributed by atoms with Crippen molar-refractivity contribution in [1.82, 2.24) is 19.7 Å². The first-order valence-corrected chi connectivity index (χ1v) is 11.4. The van der Waals surface area contributed by atoms with Crippen molar-refractivity contribution >= 4 is 17.4 Å². The highest BCUT2D eigenvalue weighted by Crippen LogP contribution is 2.23. The van der Waals surface area contributed by atoms with E-state index in [1.54, 1.807) is 6.33 Å². The number of aromatic nitrogens is 4. The smallest absolute Gasteiger partial charge is 0.224 e. The van der Waals surface area contributed by atoms with Crippen molar-refractivity contribution in [2.45, 2.75) is 59.8 Å². The molecular formula is C25H32N6O. The third-order valence-corrected chi connectivity index (χ3v) is 6.46. The summed E-state index contributed by atoms with van der Waals surface area (Å²) in [7, 11) is 0. The number of carbonyl (C=O) groups excluding carboxylic acids is 1. The van der Waals surface area contributed by atoms with Gasteiger partial charge < -0.3 is 10.2 Å². The molecule has 1 N–H and O–H groups in total. The Bertz CT molecular complexity index is 1110. The van der Waals surface area contributed by atoms with Crippen molar-refractivity contribution in [3.63, 3.8) is 0 Å². The molecule has 32 heavy (non-hydrogen) atoms. The molecule has 0 unspecified atom stereocenters. The zero-order valence-electron chi connectivity index (χ0n) is 19.5. The summed E-state index contributed by atoms with van der Waals surface area (Å²) in [6.07, 6.45) is 6.35. The number of benzene rings is 1. The molecule has 1 aliphatic heterocycles. The number of hydrogen-bond donors (Lipinski definition) is 1. The average molecular weight is 433 g/mol. The van der Waals surface area contributed by atoms with Crippen LogP contribution in [0.25, 0.3) is 5.82 Å². The Hall–Kier alpha value is -3.22. The van der Waals surface area contributed by atoms with Gasteiger partial charge in [-0.25, -0.2) is 14.6 Å². The van der Waals surface area contributed by atoms with Crippen molar-refractivity contribution in [3.05, 3.63) is 58.7 Å². The highest BCUT2D eigenvalue weighted by Gasteiger charge is 2.18. The fraction of sp³-hybridized carbons (Fsp3) is 0.440. The van der Waals surface area contributed by atoms with Crippen molar-refractivity contribution < 1.29 is 4.79 Å². The van der Waals surface area contributed by atoms with Crippen LogP contribution >= 0.6 is 0 Å². The summed E-state index contributed by atoms with van der Waals surface area (Å²) in [4.78, 5) is 23.9. The molecule has 7 heteroatoms. The van der Waals surface area contributed by atoms with Crippen molar-refractivity contribution in [2.75, 3.05) is 23.3 Å². The highest BCUT2D eigenvalue weighted by molar-refractivity contribution is 5.91. The molecule has 0 spiro atoms. The van der Waals surface area contributed by atoms with Gasteiger partial charge in [0.25, 0.3) is 0 Å². The largest absolute Gasteiger partial charge is 0.356 e. The average Bonchev–Trinajstić information content (AvgIpc) is 3.09. The molecule has 168 valence electrons. The maximum atomic E-state index is 12.6. The minimum atomic E-state index is 0.0136. The predicted octanol–water partition coefficient (Wildman–Crippen LogP) is 4.46. The maximum Gasteiger partial charge on any atom is 0.224 e. The van der Waals surface area contributed by atoms with Gasteiger partial charge in [-0.2, -0.15) is 5.10 Å². The number of hydrogen-bond acceptors (Lipinski definition) is 5. The number of carbonyl (C=O) groups is 1. The first-order chi connectivity index (χ1) is 15.4. The van der Waals surface area contributed by atoms with Crippen LogP contribution in [0, 0.1) is 27.7 Å². The van der Waals surface area contributed by atoms with Crippen LogP contribution in [-0.4, -0.2) is 38.7 Å². The molecule has 2 aromatic heterocycles. The van der Waals surface area contributed by atoms with Gasteiger partial charge in [0.2, 0.25) is 5.91 Å². The van der Waals surface area contributed by atoms with Gasteiger partial charge in [0, 0.05) is 37.0 Å². The SMILES string of the molecule is Cc1cccc(NC(=O)CCc2c(C)nn(-c3cc(N4CCCCC4)ncn3)c2C)c1C. The molecule has 7 nitrogen and oxygen atoms in total. The van der Waals surface area contributed by atoms with Gasteiger partial charge in [-0.1, -0.05) is 12.1 Å². The highest BCUT2D eigenvalue weighted by atomic mass is 16.1. The molecule has 0 aliphatic carbocycles. The molecule has 0 bridgehead atoms. The van der Waals surface area contributed by atoms with E-state index < -0.39 is 0 Å². The van der Waals surface area contributed by atoms with E-state index in [1.165, 1.54) is 24.8 Å². The third-order valence-electron chi connectivity index (χ3n) is 6.46. The van der Waals surface area contributed by atoms with Gasteiger partial charge >= 0.3 is 0 Å². The second kappa shape index (κ2) is 9.51. The van der Waals surface area contributed by atoms with Gasteiger partial charge in [-0.15, -0.1) is 0 Å². The molecule has 1 saturated heterocycles.